The van der Waals surface area contributed by atoms with Crippen LogP contribution in [0.5, 0.6) is 0 Å². The summed E-state index contributed by atoms with van der Waals surface area (Å²) in [5.74, 6) is 0.218. The first kappa shape index (κ1) is 14.5. The van der Waals surface area contributed by atoms with Gasteiger partial charge in [-0.2, -0.15) is 0 Å². The van der Waals surface area contributed by atoms with Gasteiger partial charge in [-0.25, -0.2) is 0 Å². The molecule has 104 valence electrons. The number of likely N-dealkylation sites (N-methyl/N-ethyl adjacent to an activating group) is 1. The number of nitrogens with zero attached hydrogens (tertiary/aromatic N) is 1. The van der Waals surface area contributed by atoms with E-state index in [9.17, 15) is 4.79 Å². The molecule has 4 heteroatoms. The van der Waals surface area contributed by atoms with E-state index in [1.807, 2.05) is 24.1 Å². The molecule has 1 fully saturated rings. The molecule has 1 aliphatic rings. The number of carbonyl (C=O) groups excluding carboxylic acids is 1. The number of rotatable bonds is 4. The fourth-order valence-electron chi connectivity index (χ4n) is 2.74. The lowest BCUT2D eigenvalue weighted by Gasteiger charge is -2.31. The summed E-state index contributed by atoms with van der Waals surface area (Å²) in [4.78, 5) is 14.5. The Bertz CT molecular complexity index is 438. The van der Waals surface area contributed by atoms with Crippen molar-refractivity contribution in [1.29, 1.82) is 0 Å². The van der Waals surface area contributed by atoms with Crippen molar-refractivity contribution in [2.75, 3.05) is 13.6 Å². The summed E-state index contributed by atoms with van der Waals surface area (Å²) in [6.07, 6.45) is 2.90. The molecule has 1 aromatic carbocycles. The lowest BCUT2D eigenvalue weighted by atomic mass is 9.92. The topological polar surface area (TPSA) is 32.3 Å². The molecule has 0 radical (unpaired) electrons. The molecule has 1 aromatic rings. The summed E-state index contributed by atoms with van der Waals surface area (Å²) in [6.45, 7) is 3.70. The van der Waals surface area contributed by atoms with Crippen LogP contribution >= 0.6 is 15.9 Å². The second-order valence-electron chi connectivity index (χ2n) is 5.25. The molecule has 1 atom stereocenters. The summed E-state index contributed by atoms with van der Waals surface area (Å²) in [7, 11) is 1.89. The van der Waals surface area contributed by atoms with Crippen LogP contribution in [0.4, 0.5) is 0 Å². The van der Waals surface area contributed by atoms with Gasteiger partial charge in [0.05, 0.1) is 5.54 Å². The zero-order valence-electron chi connectivity index (χ0n) is 11.6. The van der Waals surface area contributed by atoms with E-state index in [1.165, 1.54) is 0 Å². The maximum Gasteiger partial charge on any atom is 0.242 e. The molecule has 19 heavy (non-hydrogen) atoms. The molecule has 1 saturated heterocycles. The fraction of sp³-hybridized carbons (Fsp3) is 0.533. The van der Waals surface area contributed by atoms with Crippen molar-refractivity contribution in [3.05, 3.63) is 34.3 Å². The monoisotopic (exact) mass is 324 g/mol. The third-order valence-corrected chi connectivity index (χ3v) is 4.47. The van der Waals surface area contributed by atoms with Crippen LogP contribution in [0.2, 0.25) is 0 Å². The highest BCUT2D eigenvalue weighted by molar-refractivity contribution is 9.10. The minimum Gasteiger partial charge on any atom is -0.340 e. The number of hydrogen-bond donors (Lipinski definition) is 1. The second kappa shape index (κ2) is 6.06. The Morgan fingerprint density at radius 1 is 1.42 bits per heavy atom. The van der Waals surface area contributed by atoms with Gasteiger partial charge in [0.25, 0.3) is 0 Å². The molecular formula is C15H21BrN2O. The Hall–Kier alpha value is -0.870. The number of hydrogen-bond acceptors (Lipinski definition) is 2. The van der Waals surface area contributed by atoms with Crippen LogP contribution in [0, 0.1) is 0 Å². The van der Waals surface area contributed by atoms with Crippen LogP contribution in [0.15, 0.2) is 28.7 Å². The number of amides is 1. The van der Waals surface area contributed by atoms with E-state index in [2.05, 4.69) is 40.3 Å². The first-order chi connectivity index (χ1) is 9.07. The van der Waals surface area contributed by atoms with E-state index in [0.29, 0.717) is 6.54 Å². The van der Waals surface area contributed by atoms with Gasteiger partial charge in [0.15, 0.2) is 0 Å². The molecule has 0 aromatic heterocycles. The van der Waals surface area contributed by atoms with E-state index in [4.69, 9.17) is 0 Å². The molecule has 1 N–H and O–H groups in total. The average Bonchev–Trinajstić information content (AvgIpc) is 2.90. The molecule has 0 spiro atoms. The van der Waals surface area contributed by atoms with Crippen molar-refractivity contribution >= 4 is 21.8 Å². The predicted molar refractivity (Wildman–Crippen MR) is 80.9 cm³/mol. The van der Waals surface area contributed by atoms with Crippen LogP contribution in [0.3, 0.4) is 0 Å². The summed E-state index contributed by atoms with van der Waals surface area (Å²) in [5.41, 5.74) is 0.827. The van der Waals surface area contributed by atoms with Gasteiger partial charge in [-0.05, 0) is 43.5 Å². The Balaban J connectivity index is 2.04. The fourth-order valence-corrected chi connectivity index (χ4v) is 3.01. The van der Waals surface area contributed by atoms with Gasteiger partial charge in [0, 0.05) is 18.1 Å². The molecule has 1 aliphatic heterocycles. The van der Waals surface area contributed by atoms with Crippen LogP contribution in [0.1, 0.15) is 31.7 Å². The maximum atomic E-state index is 12.6. The molecule has 2 rings (SSSR count). The van der Waals surface area contributed by atoms with E-state index >= 15 is 0 Å². The Kier molecular flexibility index (Phi) is 4.63. The zero-order valence-corrected chi connectivity index (χ0v) is 13.2. The van der Waals surface area contributed by atoms with Gasteiger partial charge in [0.1, 0.15) is 0 Å². The smallest absolute Gasteiger partial charge is 0.242 e. The molecule has 3 nitrogen and oxygen atoms in total. The average molecular weight is 325 g/mol. The van der Waals surface area contributed by atoms with Crippen molar-refractivity contribution in [3.63, 3.8) is 0 Å². The van der Waals surface area contributed by atoms with Crippen molar-refractivity contribution in [1.82, 2.24) is 10.2 Å². The molecule has 1 unspecified atom stereocenters. The lowest BCUT2D eigenvalue weighted by Crippen LogP contribution is -2.53. The molecule has 1 amide bonds. The van der Waals surface area contributed by atoms with Gasteiger partial charge < -0.3 is 10.2 Å². The number of halogens is 1. The quantitative estimate of drug-likeness (QED) is 0.923. The second-order valence-corrected chi connectivity index (χ2v) is 6.17. The summed E-state index contributed by atoms with van der Waals surface area (Å²) >= 11 is 3.42. The van der Waals surface area contributed by atoms with Crippen molar-refractivity contribution in [2.24, 2.45) is 0 Å². The standard InChI is InChI=1S/C15H21BrN2O/c1-3-15(9-4-10-17-15)14(19)18(2)11-12-5-7-13(16)8-6-12/h5-8,17H,3-4,9-11H2,1-2H3. The Labute approximate surface area is 123 Å². The van der Waals surface area contributed by atoms with E-state index in [1.54, 1.807) is 0 Å². The third-order valence-electron chi connectivity index (χ3n) is 3.94. The third kappa shape index (κ3) is 3.18. The highest BCUT2D eigenvalue weighted by Crippen LogP contribution is 2.25. The normalized spacial score (nSPS) is 22.5. The molecule has 1 heterocycles. The SMILES string of the molecule is CCC1(C(=O)N(C)Cc2ccc(Br)cc2)CCCN1. The van der Waals surface area contributed by atoms with Crippen LogP contribution < -0.4 is 5.32 Å². The van der Waals surface area contributed by atoms with Gasteiger partial charge >= 0.3 is 0 Å². The van der Waals surface area contributed by atoms with Gasteiger partial charge in [-0.15, -0.1) is 0 Å². The molecule has 0 bridgehead atoms. The highest BCUT2D eigenvalue weighted by atomic mass is 79.9. The molecular weight excluding hydrogens is 304 g/mol. The Morgan fingerprint density at radius 3 is 2.63 bits per heavy atom. The first-order valence-electron chi connectivity index (χ1n) is 6.82. The number of nitrogens with one attached hydrogen (secondary N) is 1. The summed E-state index contributed by atoms with van der Waals surface area (Å²) < 4.78 is 1.06. The predicted octanol–water partition coefficient (Wildman–Crippen LogP) is 2.94. The van der Waals surface area contributed by atoms with Crippen molar-refractivity contribution in [2.45, 2.75) is 38.3 Å². The van der Waals surface area contributed by atoms with Gasteiger partial charge in [-0.3, -0.25) is 4.79 Å². The number of benzene rings is 1. The van der Waals surface area contributed by atoms with E-state index < -0.39 is 0 Å². The molecule has 0 aliphatic carbocycles. The maximum absolute atomic E-state index is 12.6. The van der Waals surface area contributed by atoms with Crippen molar-refractivity contribution < 1.29 is 4.79 Å². The number of carbonyl (C=O) groups is 1. The zero-order chi connectivity index (χ0) is 13.9. The summed E-state index contributed by atoms with van der Waals surface area (Å²) in [6, 6.07) is 8.12. The van der Waals surface area contributed by atoms with Crippen molar-refractivity contribution in [3.8, 4) is 0 Å². The van der Waals surface area contributed by atoms with Gasteiger partial charge in [-0.1, -0.05) is 35.0 Å². The van der Waals surface area contributed by atoms with E-state index in [-0.39, 0.29) is 11.4 Å². The van der Waals surface area contributed by atoms with Crippen LogP contribution in [-0.2, 0) is 11.3 Å². The minimum atomic E-state index is -0.329. The van der Waals surface area contributed by atoms with Gasteiger partial charge in [0.2, 0.25) is 5.91 Å². The largest absolute Gasteiger partial charge is 0.340 e. The van der Waals surface area contributed by atoms with Crippen LogP contribution in [-0.4, -0.2) is 29.9 Å². The van der Waals surface area contributed by atoms with E-state index in [0.717, 1.165) is 35.8 Å². The first-order valence-corrected chi connectivity index (χ1v) is 7.62. The Morgan fingerprint density at radius 2 is 2.11 bits per heavy atom. The minimum absolute atomic E-state index is 0.218. The summed E-state index contributed by atoms with van der Waals surface area (Å²) in [5, 5.41) is 3.40. The molecule has 0 saturated carbocycles. The highest BCUT2D eigenvalue weighted by Gasteiger charge is 2.40. The van der Waals surface area contributed by atoms with Crippen LogP contribution in [0.25, 0.3) is 0 Å². The lowest BCUT2D eigenvalue weighted by molar-refractivity contribution is -0.137.